The van der Waals surface area contributed by atoms with Crippen molar-refractivity contribution in [2.24, 2.45) is 0 Å². The quantitative estimate of drug-likeness (QED) is 0.588. The molecular weight excluding hydrogens is 360 g/mol. The van der Waals surface area contributed by atoms with Crippen LogP contribution in [0.1, 0.15) is 62.5 Å². The van der Waals surface area contributed by atoms with Gasteiger partial charge in [-0.15, -0.1) is 0 Å². The smallest absolute Gasteiger partial charge is 0.165 e. The lowest BCUT2D eigenvalue weighted by Gasteiger charge is -2.20. The molecule has 154 valence electrons. The maximum atomic E-state index is 5.45. The molecule has 5 heteroatoms. The molecule has 3 aromatic rings. The molecule has 0 radical (unpaired) electrons. The Labute approximate surface area is 173 Å². The number of anilines is 1. The van der Waals surface area contributed by atoms with E-state index in [1.807, 2.05) is 6.07 Å². The summed E-state index contributed by atoms with van der Waals surface area (Å²) in [6.07, 6.45) is 6.44. The number of nitrogens with zero attached hydrogens (tertiary/aromatic N) is 3. The van der Waals surface area contributed by atoms with Crippen LogP contribution in [0.5, 0.6) is 5.75 Å². The van der Waals surface area contributed by atoms with E-state index in [1.54, 1.807) is 7.11 Å². The van der Waals surface area contributed by atoms with E-state index in [0.717, 1.165) is 60.6 Å². The number of aryl methyl sites for hydroxylation is 3. The molecule has 0 fully saturated rings. The minimum Gasteiger partial charge on any atom is -0.497 e. The Balaban J connectivity index is 1.95. The third-order valence-corrected chi connectivity index (χ3v) is 6.25. The third-order valence-electron chi connectivity index (χ3n) is 6.25. The third kappa shape index (κ3) is 3.37. The number of benzene rings is 1. The molecule has 1 aromatic carbocycles. The predicted molar refractivity (Wildman–Crippen MR) is 119 cm³/mol. The van der Waals surface area contributed by atoms with Gasteiger partial charge in [0.05, 0.1) is 12.8 Å². The molecule has 1 N–H and O–H groups in total. The van der Waals surface area contributed by atoms with Gasteiger partial charge in [0.1, 0.15) is 11.6 Å². The van der Waals surface area contributed by atoms with Crippen LogP contribution < -0.4 is 10.1 Å². The van der Waals surface area contributed by atoms with Crippen LogP contribution in [0.2, 0.25) is 0 Å². The molecule has 1 aliphatic rings. The van der Waals surface area contributed by atoms with Gasteiger partial charge in [0.2, 0.25) is 0 Å². The van der Waals surface area contributed by atoms with Crippen LogP contribution in [0.3, 0.4) is 0 Å². The predicted octanol–water partition coefficient (Wildman–Crippen LogP) is 5.36. The van der Waals surface area contributed by atoms with Crippen LogP contribution in [0.15, 0.2) is 18.2 Å². The van der Waals surface area contributed by atoms with Gasteiger partial charge in [-0.3, -0.25) is 0 Å². The normalized spacial score (nSPS) is 13.3. The fourth-order valence-electron chi connectivity index (χ4n) is 4.52. The van der Waals surface area contributed by atoms with E-state index in [-0.39, 0.29) is 0 Å². The number of nitrogens with one attached hydrogen (secondary N) is 1. The van der Waals surface area contributed by atoms with Gasteiger partial charge in [-0.25, -0.2) is 4.98 Å². The van der Waals surface area contributed by atoms with E-state index in [4.69, 9.17) is 14.8 Å². The van der Waals surface area contributed by atoms with E-state index >= 15 is 0 Å². The first kappa shape index (κ1) is 19.7. The number of fused-ring (bicyclic) bond motifs is 2. The van der Waals surface area contributed by atoms with E-state index in [0.29, 0.717) is 6.04 Å². The summed E-state index contributed by atoms with van der Waals surface area (Å²) in [7, 11) is 1.72. The Morgan fingerprint density at radius 1 is 1.17 bits per heavy atom. The van der Waals surface area contributed by atoms with Crippen molar-refractivity contribution in [3.8, 4) is 16.9 Å². The van der Waals surface area contributed by atoms with Gasteiger partial charge in [0, 0.05) is 22.9 Å². The molecule has 4 rings (SSSR count). The van der Waals surface area contributed by atoms with Crippen LogP contribution in [-0.4, -0.2) is 27.7 Å². The summed E-state index contributed by atoms with van der Waals surface area (Å²) < 4.78 is 7.51. The van der Waals surface area contributed by atoms with Crippen molar-refractivity contribution >= 4 is 11.5 Å². The minimum atomic E-state index is 0.449. The lowest BCUT2D eigenvalue weighted by atomic mass is 9.97. The first-order valence-electron chi connectivity index (χ1n) is 11.0. The second-order valence-electron chi connectivity index (χ2n) is 7.97. The zero-order chi connectivity index (χ0) is 20.5. The Hall–Kier alpha value is -2.56. The van der Waals surface area contributed by atoms with E-state index in [1.165, 1.54) is 28.8 Å². The largest absolute Gasteiger partial charge is 0.497 e. The van der Waals surface area contributed by atoms with Gasteiger partial charge in [-0.2, -0.15) is 9.61 Å². The molecular formula is C24H32N4O. The van der Waals surface area contributed by atoms with E-state index < -0.39 is 0 Å². The molecule has 5 nitrogen and oxygen atoms in total. The van der Waals surface area contributed by atoms with Gasteiger partial charge in [-0.1, -0.05) is 26.8 Å². The molecule has 0 spiro atoms. The average Bonchev–Trinajstić information content (AvgIpc) is 3.34. The highest BCUT2D eigenvalue weighted by atomic mass is 16.5. The fraction of sp³-hybridized carbons (Fsp3) is 0.500. The second-order valence-corrected chi connectivity index (χ2v) is 7.97. The number of ether oxygens (including phenoxy) is 1. The van der Waals surface area contributed by atoms with Crippen molar-refractivity contribution in [3.05, 3.63) is 40.7 Å². The highest BCUT2D eigenvalue weighted by Gasteiger charge is 2.25. The number of hydrogen-bond acceptors (Lipinski definition) is 4. The molecule has 29 heavy (non-hydrogen) atoms. The summed E-state index contributed by atoms with van der Waals surface area (Å²) in [5, 5.41) is 8.77. The summed E-state index contributed by atoms with van der Waals surface area (Å²) in [4.78, 5) is 5.12. The summed E-state index contributed by atoms with van der Waals surface area (Å²) in [5.41, 5.74) is 8.19. The van der Waals surface area contributed by atoms with Crippen LogP contribution >= 0.6 is 0 Å². The van der Waals surface area contributed by atoms with E-state index in [9.17, 15) is 0 Å². The van der Waals surface area contributed by atoms with Gasteiger partial charge in [0.15, 0.2) is 5.65 Å². The topological polar surface area (TPSA) is 51.5 Å². The van der Waals surface area contributed by atoms with Crippen LogP contribution in [0, 0.1) is 6.92 Å². The summed E-state index contributed by atoms with van der Waals surface area (Å²) in [6, 6.07) is 6.78. The van der Waals surface area contributed by atoms with Crippen molar-refractivity contribution in [1.82, 2.24) is 14.6 Å². The van der Waals surface area contributed by atoms with Crippen molar-refractivity contribution in [2.75, 3.05) is 12.4 Å². The monoisotopic (exact) mass is 392 g/mol. The van der Waals surface area contributed by atoms with Gasteiger partial charge in [0.25, 0.3) is 0 Å². The number of hydrogen-bond donors (Lipinski definition) is 1. The molecule has 2 aromatic heterocycles. The van der Waals surface area contributed by atoms with Crippen LogP contribution in [0.25, 0.3) is 16.8 Å². The van der Waals surface area contributed by atoms with Crippen LogP contribution in [-0.2, 0) is 19.3 Å². The molecule has 0 bridgehead atoms. The maximum Gasteiger partial charge on any atom is 0.165 e. The molecule has 0 saturated carbocycles. The molecule has 0 aliphatic heterocycles. The van der Waals surface area contributed by atoms with Crippen molar-refractivity contribution < 1.29 is 4.74 Å². The summed E-state index contributed by atoms with van der Waals surface area (Å²) >= 11 is 0. The molecule has 0 atom stereocenters. The molecule has 0 saturated heterocycles. The van der Waals surface area contributed by atoms with Gasteiger partial charge < -0.3 is 10.1 Å². The van der Waals surface area contributed by atoms with Crippen molar-refractivity contribution in [3.63, 3.8) is 0 Å². The molecule has 1 aliphatic carbocycles. The lowest BCUT2D eigenvalue weighted by Crippen LogP contribution is -2.21. The molecule has 0 unspecified atom stereocenters. The zero-order valence-corrected chi connectivity index (χ0v) is 18.3. The highest BCUT2D eigenvalue weighted by molar-refractivity contribution is 5.83. The van der Waals surface area contributed by atoms with Gasteiger partial charge >= 0.3 is 0 Å². The maximum absolute atomic E-state index is 5.45. The summed E-state index contributed by atoms with van der Waals surface area (Å²) in [5.74, 6) is 2.04. The Morgan fingerprint density at radius 2 is 1.97 bits per heavy atom. The van der Waals surface area contributed by atoms with E-state index in [2.05, 4.69) is 49.7 Å². The molecule has 0 amide bonds. The lowest BCUT2D eigenvalue weighted by molar-refractivity contribution is 0.414. The number of methoxy groups -OCH3 is 1. The standard InChI is InChI=1S/C24H32N4O/c1-6-16-14-18(29-5)12-13-19(16)22-15(4)27-28-23(25-17(7-2)8-3)20-10-9-11-21(20)26-24(22)28/h12-14,17,25H,6-11H2,1-5H3. The molecule has 2 heterocycles. The number of aromatic nitrogens is 3. The zero-order valence-electron chi connectivity index (χ0n) is 18.3. The fourth-order valence-corrected chi connectivity index (χ4v) is 4.52. The SMILES string of the molecule is CCc1cc(OC)ccc1-c1c(C)nn2c(NC(CC)CC)c3c(nc12)CCC3. The minimum absolute atomic E-state index is 0.449. The average molecular weight is 393 g/mol. The van der Waals surface area contributed by atoms with Crippen LogP contribution in [0.4, 0.5) is 5.82 Å². The highest BCUT2D eigenvalue weighted by Crippen LogP contribution is 2.37. The summed E-state index contributed by atoms with van der Waals surface area (Å²) in [6.45, 7) is 8.76. The second kappa shape index (κ2) is 8.05. The van der Waals surface area contributed by atoms with Crippen molar-refractivity contribution in [1.29, 1.82) is 0 Å². The Bertz CT molecular complexity index is 1030. The first-order valence-corrected chi connectivity index (χ1v) is 11.0. The Morgan fingerprint density at radius 3 is 2.66 bits per heavy atom. The van der Waals surface area contributed by atoms with Gasteiger partial charge in [-0.05, 0) is 68.7 Å². The first-order chi connectivity index (χ1) is 14.1. The Kier molecular flexibility index (Phi) is 5.48. The van der Waals surface area contributed by atoms with Crippen molar-refractivity contribution in [2.45, 2.75) is 72.3 Å². The number of rotatable bonds is 7.